The van der Waals surface area contributed by atoms with E-state index in [0.717, 1.165) is 25.0 Å². The van der Waals surface area contributed by atoms with Gasteiger partial charge in [-0.05, 0) is 49.3 Å². The van der Waals surface area contributed by atoms with Gasteiger partial charge in [-0.25, -0.2) is 0 Å². The molecule has 0 spiro atoms. The lowest BCUT2D eigenvalue weighted by molar-refractivity contribution is 0.0802. The summed E-state index contributed by atoms with van der Waals surface area (Å²) in [5, 5.41) is 0. The summed E-state index contributed by atoms with van der Waals surface area (Å²) >= 11 is 0. The molecule has 1 heteroatoms. The van der Waals surface area contributed by atoms with Crippen molar-refractivity contribution >= 4 is 0 Å². The molecule has 0 bridgehead atoms. The molecule has 0 heterocycles. The summed E-state index contributed by atoms with van der Waals surface area (Å²) in [5.74, 6) is 0.983. The van der Waals surface area contributed by atoms with Gasteiger partial charge in [0, 0.05) is 0 Å². The van der Waals surface area contributed by atoms with Crippen LogP contribution in [0.25, 0.3) is 0 Å². The summed E-state index contributed by atoms with van der Waals surface area (Å²) in [6.07, 6.45) is 3.21. The van der Waals surface area contributed by atoms with Crippen molar-refractivity contribution in [3.63, 3.8) is 0 Å². The molecule has 0 saturated heterocycles. The van der Waals surface area contributed by atoms with E-state index in [1.165, 1.54) is 5.56 Å². The van der Waals surface area contributed by atoms with Gasteiger partial charge in [0.25, 0.3) is 0 Å². The van der Waals surface area contributed by atoms with Crippen molar-refractivity contribution in [2.45, 2.75) is 71.8 Å². The Hall–Kier alpha value is -0.980. The Morgan fingerprint density at radius 2 is 1.33 bits per heavy atom. The Morgan fingerprint density at radius 1 is 0.833 bits per heavy atom. The summed E-state index contributed by atoms with van der Waals surface area (Å²) in [5.41, 5.74) is 1.59. The third-order valence-electron chi connectivity index (χ3n) is 4.38. The second kappa shape index (κ2) is 5.77. The Kier molecular flexibility index (Phi) is 4.84. The molecule has 102 valence electrons. The van der Waals surface area contributed by atoms with E-state index in [0.29, 0.717) is 0 Å². The van der Waals surface area contributed by atoms with Gasteiger partial charge in [0.1, 0.15) is 11.4 Å². The highest BCUT2D eigenvalue weighted by Gasteiger charge is 2.22. The molecule has 1 rings (SSSR count). The lowest BCUT2D eigenvalue weighted by atomic mass is 9.82. The van der Waals surface area contributed by atoms with Crippen LogP contribution in [0, 0.1) is 0 Å². The summed E-state index contributed by atoms with van der Waals surface area (Å²) < 4.78 is 6.10. The van der Waals surface area contributed by atoms with Gasteiger partial charge in [-0.15, -0.1) is 0 Å². The van der Waals surface area contributed by atoms with Gasteiger partial charge in [0.2, 0.25) is 0 Å². The van der Waals surface area contributed by atoms with Crippen molar-refractivity contribution in [2.75, 3.05) is 0 Å². The predicted octanol–water partition coefficient (Wildman–Crippen LogP) is 5.33. The van der Waals surface area contributed by atoms with Gasteiger partial charge in [-0.2, -0.15) is 0 Å². The topological polar surface area (TPSA) is 9.23 Å². The van der Waals surface area contributed by atoms with Crippen LogP contribution in [0.3, 0.4) is 0 Å². The Balaban J connectivity index is 2.84. The molecule has 0 radical (unpaired) electrons. The zero-order valence-electron chi connectivity index (χ0n) is 12.8. The molecule has 0 fully saturated rings. The van der Waals surface area contributed by atoms with Gasteiger partial charge in [0.05, 0.1) is 0 Å². The van der Waals surface area contributed by atoms with Gasteiger partial charge in [-0.1, -0.05) is 46.8 Å². The van der Waals surface area contributed by atoms with E-state index >= 15 is 0 Å². The molecule has 0 aliphatic heterocycles. The molecule has 0 atom stereocenters. The van der Waals surface area contributed by atoms with Crippen molar-refractivity contribution in [1.29, 1.82) is 0 Å². The average molecular weight is 248 g/mol. The maximum atomic E-state index is 6.10. The first kappa shape index (κ1) is 15.1. The van der Waals surface area contributed by atoms with Crippen molar-refractivity contribution in [2.24, 2.45) is 0 Å². The second-order valence-electron chi connectivity index (χ2n) is 6.02. The normalized spacial score (nSPS) is 12.6. The highest BCUT2D eigenvalue weighted by molar-refractivity contribution is 5.31. The molecule has 0 amide bonds. The molecule has 0 aromatic heterocycles. The Morgan fingerprint density at radius 3 is 1.72 bits per heavy atom. The molecule has 0 saturated carbocycles. The standard InChI is InChI=1S/C17H28O/c1-7-16(4,5)14-10-12-15(13-11-14)18-17(6,8-2)9-3/h10-13H,7-9H2,1-6H3. The number of rotatable bonds is 6. The summed E-state index contributed by atoms with van der Waals surface area (Å²) in [6.45, 7) is 13.3. The molecule has 1 aromatic rings. The van der Waals surface area contributed by atoms with Crippen molar-refractivity contribution in [3.05, 3.63) is 29.8 Å². The van der Waals surface area contributed by atoms with Crippen LogP contribution in [0.5, 0.6) is 5.75 Å². The summed E-state index contributed by atoms with van der Waals surface area (Å²) in [7, 11) is 0. The first-order valence-electron chi connectivity index (χ1n) is 7.16. The van der Waals surface area contributed by atoms with Crippen molar-refractivity contribution in [1.82, 2.24) is 0 Å². The SMILES string of the molecule is CCC(C)(CC)Oc1ccc(C(C)(C)CC)cc1. The molecule has 1 aromatic carbocycles. The summed E-state index contributed by atoms with van der Waals surface area (Å²) in [4.78, 5) is 0. The van der Waals surface area contributed by atoms with Crippen LogP contribution in [-0.2, 0) is 5.41 Å². The maximum absolute atomic E-state index is 6.10. The molecule has 1 nitrogen and oxygen atoms in total. The van der Waals surface area contributed by atoms with E-state index in [1.54, 1.807) is 0 Å². The third kappa shape index (κ3) is 3.51. The van der Waals surface area contributed by atoms with Gasteiger partial charge in [-0.3, -0.25) is 0 Å². The number of ether oxygens (including phenoxy) is 1. The molecule has 0 aliphatic carbocycles. The van der Waals surface area contributed by atoms with Crippen molar-refractivity contribution < 1.29 is 4.74 Å². The van der Waals surface area contributed by atoms with Crippen LogP contribution in [-0.4, -0.2) is 5.60 Å². The van der Waals surface area contributed by atoms with E-state index < -0.39 is 0 Å². The fourth-order valence-electron chi connectivity index (χ4n) is 1.86. The molecular formula is C17H28O. The van der Waals surface area contributed by atoms with Crippen molar-refractivity contribution in [3.8, 4) is 5.75 Å². The van der Waals surface area contributed by atoms with Crippen LogP contribution in [0.4, 0.5) is 0 Å². The number of hydrogen-bond acceptors (Lipinski definition) is 1. The molecule has 0 unspecified atom stereocenters. The predicted molar refractivity (Wildman–Crippen MR) is 79.4 cm³/mol. The van der Waals surface area contributed by atoms with Gasteiger partial charge < -0.3 is 4.74 Å². The second-order valence-corrected chi connectivity index (χ2v) is 6.02. The van der Waals surface area contributed by atoms with E-state index in [1.807, 2.05) is 0 Å². The molecule has 0 N–H and O–H groups in total. The first-order chi connectivity index (χ1) is 8.37. The molecule has 0 aliphatic rings. The Labute approximate surface area is 113 Å². The summed E-state index contributed by atoms with van der Waals surface area (Å²) in [6, 6.07) is 8.61. The van der Waals surface area contributed by atoms with E-state index in [9.17, 15) is 0 Å². The zero-order valence-corrected chi connectivity index (χ0v) is 12.8. The minimum absolute atomic E-state index is 0.0399. The molecular weight excluding hydrogens is 220 g/mol. The highest BCUT2D eigenvalue weighted by atomic mass is 16.5. The third-order valence-corrected chi connectivity index (χ3v) is 4.38. The van der Waals surface area contributed by atoms with Crippen LogP contribution in [0.1, 0.15) is 66.4 Å². The smallest absolute Gasteiger partial charge is 0.120 e. The zero-order chi connectivity index (χ0) is 13.8. The van der Waals surface area contributed by atoms with E-state index in [4.69, 9.17) is 4.74 Å². The fourth-order valence-corrected chi connectivity index (χ4v) is 1.86. The maximum Gasteiger partial charge on any atom is 0.120 e. The monoisotopic (exact) mass is 248 g/mol. The highest BCUT2D eigenvalue weighted by Crippen LogP contribution is 2.30. The van der Waals surface area contributed by atoms with Gasteiger partial charge >= 0.3 is 0 Å². The van der Waals surface area contributed by atoms with E-state index in [2.05, 4.69) is 65.8 Å². The minimum atomic E-state index is -0.0399. The average Bonchev–Trinajstić information content (AvgIpc) is 2.39. The minimum Gasteiger partial charge on any atom is -0.488 e. The largest absolute Gasteiger partial charge is 0.488 e. The van der Waals surface area contributed by atoms with Gasteiger partial charge in [0.15, 0.2) is 0 Å². The lowest BCUT2D eigenvalue weighted by Crippen LogP contribution is -2.30. The fraction of sp³-hybridized carbons (Fsp3) is 0.647. The lowest BCUT2D eigenvalue weighted by Gasteiger charge is -2.29. The van der Waals surface area contributed by atoms with Crippen LogP contribution in [0.2, 0.25) is 0 Å². The Bertz CT molecular complexity index is 358. The first-order valence-corrected chi connectivity index (χ1v) is 7.16. The van der Waals surface area contributed by atoms with Crippen LogP contribution in [0.15, 0.2) is 24.3 Å². The van der Waals surface area contributed by atoms with Crippen LogP contribution >= 0.6 is 0 Å². The van der Waals surface area contributed by atoms with Crippen LogP contribution < -0.4 is 4.74 Å². The molecule has 18 heavy (non-hydrogen) atoms. The van der Waals surface area contributed by atoms with E-state index in [-0.39, 0.29) is 11.0 Å². The number of benzene rings is 1. The number of hydrogen-bond donors (Lipinski definition) is 0. The quantitative estimate of drug-likeness (QED) is 0.661.